The summed E-state index contributed by atoms with van der Waals surface area (Å²) >= 11 is 5.92. The number of rotatable bonds is 3. The standard InChI is InChI=1S/C20H20ClN5O/c21-16-8-6-15(7-9-16)18-14-19(24-23-18)22-20(27)26-12-10-25(11-13-26)17-4-2-1-3-5-17/h1-9,14H,10-13H2,(H2,22,23,24,27). The van der Waals surface area contributed by atoms with E-state index in [-0.39, 0.29) is 6.03 Å². The number of hydrogen-bond donors (Lipinski definition) is 2. The molecule has 1 aromatic heterocycles. The van der Waals surface area contributed by atoms with E-state index in [1.165, 1.54) is 5.69 Å². The fourth-order valence-electron chi connectivity index (χ4n) is 3.16. The molecule has 3 aromatic rings. The number of carbonyl (C=O) groups is 1. The first kappa shape index (κ1) is 17.4. The van der Waals surface area contributed by atoms with E-state index in [0.717, 1.165) is 24.3 Å². The summed E-state index contributed by atoms with van der Waals surface area (Å²) in [4.78, 5) is 16.6. The molecule has 6 nitrogen and oxygen atoms in total. The van der Waals surface area contributed by atoms with Crippen LogP contribution in [0.3, 0.4) is 0 Å². The van der Waals surface area contributed by atoms with Crippen LogP contribution >= 0.6 is 11.6 Å². The Balaban J connectivity index is 1.34. The number of H-pyrrole nitrogens is 1. The molecule has 0 saturated carbocycles. The maximum Gasteiger partial charge on any atom is 0.323 e. The third-order valence-electron chi connectivity index (χ3n) is 4.66. The van der Waals surface area contributed by atoms with Crippen LogP contribution in [0.25, 0.3) is 11.3 Å². The van der Waals surface area contributed by atoms with Gasteiger partial charge in [0.2, 0.25) is 0 Å². The fraction of sp³-hybridized carbons (Fsp3) is 0.200. The highest BCUT2D eigenvalue weighted by molar-refractivity contribution is 6.30. The van der Waals surface area contributed by atoms with Gasteiger partial charge in [-0.25, -0.2) is 4.79 Å². The summed E-state index contributed by atoms with van der Waals surface area (Å²) < 4.78 is 0. The highest BCUT2D eigenvalue weighted by Gasteiger charge is 2.21. The predicted octanol–water partition coefficient (Wildman–Crippen LogP) is 4.08. The van der Waals surface area contributed by atoms with E-state index < -0.39 is 0 Å². The van der Waals surface area contributed by atoms with E-state index in [2.05, 4.69) is 32.5 Å². The SMILES string of the molecule is O=C(Nc1cc(-c2ccc(Cl)cc2)[nH]n1)N1CCN(c2ccccc2)CC1. The number of aromatic amines is 1. The van der Waals surface area contributed by atoms with Crippen LogP contribution in [0.1, 0.15) is 0 Å². The van der Waals surface area contributed by atoms with Crippen LogP contribution in [0.5, 0.6) is 0 Å². The topological polar surface area (TPSA) is 64.3 Å². The molecular weight excluding hydrogens is 362 g/mol. The number of hydrogen-bond acceptors (Lipinski definition) is 3. The van der Waals surface area contributed by atoms with Gasteiger partial charge >= 0.3 is 6.03 Å². The maximum absolute atomic E-state index is 12.5. The van der Waals surface area contributed by atoms with E-state index in [4.69, 9.17) is 11.6 Å². The second-order valence-corrected chi connectivity index (χ2v) is 6.85. The smallest absolute Gasteiger partial charge is 0.323 e. The number of halogens is 1. The minimum atomic E-state index is -0.128. The average molecular weight is 382 g/mol. The number of nitrogens with zero attached hydrogens (tertiary/aromatic N) is 3. The summed E-state index contributed by atoms with van der Waals surface area (Å²) in [6.45, 7) is 2.98. The van der Waals surface area contributed by atoms with Crippen LogP contribution in [0.2, 0.25) is 5.02 Å². The number of carbonyl (C=O) groups excluding carboxylic acids is 1. The maximum atomic E-state index is 12.5. The van der Waals surface area contributed by atoms with Crippen molar-refractivity contribution in [2.75, 3.05) is 36.4 Å². The zero-order valence-electron chi connectivity index (χ0n) is 14.7. The predicted molar refractivity (Wildman–Crippen MR) is 108 cm³/mol. The van der Waals surface area contributed by atoms with Gasteiger partial charge in [-0.2, -0.15) is 5.10 Å². The molecule has 138 valence electrons. The van der Waals surface area contributed by atoms with Crippen molar-refractivity contribution < 1.29 is 4.79 Å². The average Bonchev–Trinajstić information content (AvgIpc) is 3.18. The van der Waals surface area contributed by atoms with Crippen LogP contribution in [0.4, 0.5) is 16.3 Å². The fourth-order valence-corrected chi connectivity index (χ4v) is 3.28. The Morgan fingerprint density at radius 3 is 2.41 bits per heavy atom. The molecule has 1 saturated heterocycles. The molecule has 2 heterocycles. The van der Waals surface area contributed by atoms with Crippen molar-refractivity contribution in [3.8, 4) is 11.3 Å². The molecule has 0 aliphatic carbocycles. The van der Waals surface area contributed by atoms with Gasteiger partial charge in [0.1, 0.15) is 0 Å². The molecule has 0 spiro atoms. The molecule has 2 amide bonds. The first-order chi connectivity index (χ1) is 13.2. The van der Waals surface area contributed by atoms with Crippen molar-refractivity contribution in [1.29, 1.82) is 0 Å². The Labute approximate surface area is 162 Å². The molecule has 1 aliphatic heterocycles. The Morgan fingerprint density at radius 2 is 1.70 bits per heavy atom. The van der Waals surface area contributed by atoms with E-state index in [9.17, 15) is 4.79 Å². The Kier molecular flexibility index (Phi) is 4.98. The molecule has 2 N–H and O–H groups in total. The normalized spacial score (nSPS) is 14.3. The third-order valence-corrected chi connectivity index (χ3v) is 4.91. The summed E-state index contributed by atoms with van der Waals surface area (Å²) in [6.07, 6.45) is 0. The van der Waals surface area contributed by atoms with Crippen molar-refractivity contribution in [3.63, 3.8) is 0 Å². The van der Waals surface area contributed by atoms with Gasteiger partial charge in [0.05, 0.1) is 5.69 Å². The number of piperazine rings is 1. The Hall–Kier alpha value is -2.99. The van der Waals surface area contributed by atoms with Crippen LogP contribution in [0.15, 0.2) is 60.7 Å². The zero-order valence-corrected chi connectivity index (χ0v) is 15.5. The third kappa shape index (κ3) is 4.06. The molecule has 0 unspecified atom stereocenters. The lowest BCUT2D eigenvalue weighted by Crippen LogP contribution is -2.50. The number of anilines is 2. The van der Waals surface area contributed by atoms with Gasteiger partial charge in [-0.1, -0.05) is 41.9 Å². The van der Waals surface area contributed by atoms with Crippen molar-refractivity contribution in [3.05, 3.63) is 65.7 Å². The first-order valence-electron chi connectivity index (χ1n) is 8.86. The number of amides is 2. The molecule has 1 fully saturated rings. The molecule has 27 heavy (non-hydrogen) atoms. The van der Waals surface area contributed by atoms with Gasteiger partial charge in [0.25, 0.3) is 0 Å². The Bertz CT molecular complexity index is 902. The number of nitrogens with one attached hydrogen (secondary N) is 2. The number of aromatic nitrogens is 2. The van der Waals surface area contributed by atoms with Crippen LogP contribution in [0, 0.1) is 0 Å². The summed E-state index contributed by atoms with van der Waals surface area (Å²) in [5.74, 6) is 0.510. The summed E-state index contributed by atoms with van der Waals surface area (Å²) in [5, 5.41) is 10.7. The van der Waals surface area contributed by atoms with E-state index >= 15 is 0 Å². The lowest BCUT2D eigenvalue weighted by atomic mass is 10.1. The van der Waals surface area contributed by atoms with Crippen LogP contribution < -0.4 is 10.2 Å². The van der Waals surface area contributed by atoms with Crippen LogP contribution in [-0.4, -0.2) is 47.3 Å². The second-order valence-electron chi connectivity index (χ2n) is 6.41. The lowest BCUT2D eigenvalue weighted by Gasteiger charge is -2.35. The van der Waals surface area contributed by atoms with Gasteiger partial charge in [-0.3, -0.25) is 10.4 Å². The highest BCUT2D eigenvalue weighted by Crippen LogP contribution is 2.22. The van der Waals surface area contributed by atoms with Gasteiger partial charge in [0, 0.05) is 43.0 Å². The van der Waals surface area contributed by atoms with Crippen molar-refractivity contribution in [2.45, 2.75) is 0 Å². The molecule has 0 atom stereocenters. The van der Waals surface area contributed by atoms with Gasteiger partial charge < -0.3 is 9.80 Å². The molecule has 1 aliphatic rings. The molecule has 2 aromatic carbocycles. The molecule has 0 radical (unpaired) electrons. The quantitative estimate of drug-likeness (QED) is 0.718. The van der Waals surface area contributed by atoms with E-state index in [0.29, 0.717) is 23.9 Å². The van der Waals surface area contributed by atoms with Gasteiger partial charge in [-0.15, -0.1) is 0 Å². The second kappa shape index (κ2) is 7.72. The van der Waals surface area contributed by atoms with Crippen LogP contribution in [-0.2, 0) is 0 Å². The monoisotopic (exact) mass is 381 g/mol. The van der Waals surface area contributed by atoms with Gasteiger partial charge in [-0.05, 0) is 29.8 Å². The summed E-state index contributed by atoms with van der Waals surface area (Å²) in [7, 11) is 0. The van der Waals surface area contributed by atoms with Crippen molar-refractivity contribution in [1.82, 2.24) is 15.1 Å². The minimum absolute atomic E-state index is 0.128. The molecular formula is C20H20ClN5O. The zero-order chi connectivity index (χ0) is 18.6. The van der Waals surface area contributed by atoms with E-state index in [1.807, 2.05) is 53.4 Å². The first-order valence-corrected chi connectivity index (χ1v) is 9.24. The number of urea groups is 1. The molecule has 0 bridgehead atoms. The minimum Gasteiger partial charge on any atom is -0.368 e. The van der Waals surface area contributed by atoms with Crippen molar-refractivity contribution in [2.24, 2.45) is 0 Å². The van der Waals surface area contributed by atoms with E-state index in [1.54, 1.807) is 0 Å². The van der Waals surface area contributed by atoms with Crippen molar-refractivity contribution >= 4 is 29.1 Å². The lowest BCUT2D eigenvalue weighted by molar-refractivity contribution is 0.208. The summed E-state index contributed by atoms with van der Waals surface area (Å²) in [6, 6.07) is 19.4. The largest absolute Gasteiger partial charge is 0.368 e. The number of benzene rings is 2. The van der Waals surface area contributed by atoms with Gasteiger partial charge in [0.15, 0.2) is 5.82 Å². The number of para-hydroxylation sites is 1. The Morgan fingerprint density at radius 1 is 1.00 bits per heavy atom. The molecule has 4 rings (SSSR count). The highest BCUT2D eigenvalue weighted by atomic mass is 35.5. The molecule has 7 heteroatoms. The summed E-state index contributed by atoms with van der Waals surface area (Å²) in [5.41, 5.74) is 2.98.